The van der Waals surface area contributed by atoms with E-state index in [-0.39, 0.29) is 23.8 Å². The lowest BCUT2D eigenvalue weighted by atomic mass is 10.0. The molecule has 2 aliphatic heterocycles. The molecule has 7 heteroatoms. The Labute approximate surface area is 166 Å². The number of nitrogens with zero attached hydrogens (tertiary/aromatic N) is 3. The molecule has 0 aromatic heterocycles. The lowest BCUT2D eigenvalue weighted by Gasteiger charge is -2.40. The molecule has 1 aromatic carbocycles. The maximum absolute atomic E-state index is 12.7. The fraction of sp³-hybridized carbons (Fsp3) is 0.571. The van der Waals surface area contributed by atoms with Gasteiger partial charge in [-0.1, -0.05) is 12.1 Å². The lowest BCUT2D eigenvalue weighted by Crippen LogP contribution is -2.56. The van der Waals surface area contributed by atoms with Crippen LogP contribution in [0.1, 0.15) is 37.8 Å². The number of aryl methyl sites for hydroxylation is 2. The number of hydrazone groups is 1. The molecule has 2 heterocycles. The molecule has 28 heavy (non-hydrogen) atoms. The summed E-state index contributed by atoms with van der Waals surface area (Å²) in [5.74, 6) is -0.289. The predicted molar refractivity (Wildman–Crippen MR) is 110 cm³/mol. The fourth-order valence-electron chi connectivity index (χ4n) is 3.53. The Hall–Kier alpha value is -2.25. The largest absolute Gasteiger partial charge is 0.379 e. The van der Waals surface area contributed by atoms with Crippen LogP contribution in [-0.2, 0) is 14.3 Å². The van der Waals surface area contributed by atoms with Crippen molar-refractivity contribution in [1.82, 2.24) is 10.2 Å². The van der Waals surface area contributed by atoms with Crippen molar-refractivity contribution in [1.29, 1.82) is 0 Å². The number of benzene rings is 1. The average molecular weight is 386 g/mol. The van der Waals surface area contributed by atoms with Crippen LogP contribution in [0, 0.1) is 13.8 Å². The Morgan fingerprint density at radius 3 is 2.64 bits per heavy atom. The number of anilines is 1. The summed E-state index contributed by atoms with van der Waals surface area (Å²) in [6.07, 6.45) is 0.649. The normalized spacial score (nSPS) is 18.8. The minimum Gasteiger partial charge on any atom is -0.379 e. The van der Waals surface area contributed by atoms with Gasteiger partial charge in [0.1, 0.15) is 5.71 Å². The van der Waals surface area contributed by atoms with Gasteiger partial charge >= 0.3 is 0 Å². The molecule has 1 aromatic rings. The Kier molecular flexibility index (Phi) is 6.15. The molecule has 0 spiro atoms. The second-order valence-corrected chi connectivity index (χ2v) is 8.14. The number of hydrogen-bond acceptors (Lipinski definition) is 5. The average Bonchev–Trinajstić information content (AvgIpc) is 2.69. The number of carbonyl (C=O) groups is 2. The molecule has 1 saturated heterocycles. The highest BCUT2D eigenvalue weighted by Gasteiger charge is 2.31. The summed E-state index contributed by atoms with van der Waals surface area (Å²) in [4.78, 5) is 27.5. The van der Waals surface area contributed by atoms with Crippen LogP contribution in [-0.4, -0.2) is 60.8 Å². The van der Waals surface area contributed by atoms with Crippen LogP contribution in [0.5, 0.6) is 0 Å². The van der Waals surface area contributed by atoms with E-state index in [0.29, 0.717) is 18.7 Å². The standard InChI is InChI=1S/C21H30N4O3/c1-15-5-6-16(2)18(13-15)25-19(26)8-7-17(23-25)20(27)22-14-21(3,4)24-9-11-28-12-10-24/h5-6,13H,7-12,14H2,1-4H3,(H,22,27). The fourth-order valence-corrected chi connectivity index (χ4v) is 3.53. The number of morpholine rings is 1. The summed E-state index contributed by atoms with van der Waals surface area (Å²) in [5.41, 5.74) is 2.98. The smallest absolute Gasteiger partial charge is 0.267 e. The van der Waals surface area contributed by atoms with E-state index in [1.54, 1.807) is 0 Å². The molecular weight excluding hydrogens is 356 g/mol. The Bertz CT molecular complexity index is 782. The third kappa shape index (κ3) is 4.59. The third-order valence-electron chi connectivity index (χ3n) is 5.44. The van der Waals surface area contributed by atoms with E-state index >= 15 is 0 Å². The molecule has 0 aliphatic carbocycles. The number of ether oxygens (including phenoxy) is 1. The second kappa shape index (κ2) is 8.41. The number of amides is 2. The van der Waals surface area contributed by atoms with Gasteiger partial charge in [0.05, 0.1) is 18.9 Å². The van der Waals surface area contributed by atoms with Crippen molar-refractivity contribution in [3.05, 3.63) is 29.3 Å². The Morgan fingerprint density at radius 1 is 1.21 bits per heavy atom. The van der Waals surface area contributed by atoms with Gasteiger partial charge in [0.15, 0.2) is 0 Å². The third-order valence-corrected chi connectivity index (χ3v) is 5.44. The van der Waals surface area contributed by atoms with Gasteiger partial charge in [-0.05, 0) is 44.9 Å². The van der Waals surface area contributed by atoms with Crippen molar-refractivity contribution in [2.45, 2.75) is 46.1 Å². The molecule has 0 radical (unpaired) electrons. The SMILES string of the molecule is Cc1ccc(C)c(N2N=C(C(=O)NCC(C)(C)N3CCOCC3)CCC2=O)c1. The first-order valence-electron chi connectivity index (χ1n) is 9.86. The molecule has 0 unspecified atom stereocenters. The number of rotatable bonds is 5. The van der Waals surface area contributed by atoms with Gasteiger partial charge in [0.2, 0.25) is 5.91 Å². The van der Waals surface area contributed by atoms with Crippen LogP contribution in [0.25, 0.3) is 0 Å². The van der Waals surface area contributed by atoms with E-state index in [1.165, 1.54) is 5.01 Å². The number of nitrogens with one attached hydrogen (secondary N) is 1. The van der Waals surface area contributed by atoms with Crippen LogP contribution in [0.15, 0.2) is 23.3 Å². The van der Waals surface area contributed by atoms with Crippen molar-refractivity contribution in [2.75, 3.05) is 37.9 Å². The van der Waals surface area contributed by atoms with Crippen molar-refractivity contribution in [2.24, 2.45) is 5.10 Å². The van der Waals surface area contributed by atoms with E-state index in [0.717, 1.165) is 43.1 Å². The molecule has 0 bridgehead atoms. The summed E-state index contributed by atoms with van der Waals surface area (Å²) in [6.45, 7) is 11.8. The van der Waals surface area contributed by atoms with Gasteiger partial charge in [-0.25, -0.2) is 5.01 Å². The van der Waals surface area contributed by atoms with Gasteiger partial charge in [0, 0.05) is 38.0 Å². The number of hydrogen-bond donors (Lipinski definition) is 1. The molecule has 0 atom stereocenters. The molecule has 1 fully saturated rings. The highest BCUT2D eigenvalue weighted by molar-refractivity contribution is 6.40. The maximum Gasteiger partial charge on any atom is 0.267 e. The van der Waals surface area contributed by atoms with Crippen LogP contribution in [0.4, 0.5) is 5.69 Å². The zero-order valence-corrected chi connectivity index (χ0v) is 17.2. The highest BCUT2D eigenvalue weighted by Crippen LogP contribution is 2.25. The van der Waals surface area contributed by atoms with Crippen LogP contribution >= 0.6 is 0 Å². The van der Waals surface area contributed by atoms with E-state index in [9.17, 15) is 9.59 Å². The van der Waals surface area contributed by atoms with Crippen molar-refractivity contribution >= 4 is 23.2 Å². The first kappa shape index (κ1) is 20.5. The molecule has 1 N–H and O–H groups in total. The zero-order valence-electron chi connectivity index (χ0n) is 17.2. The second-order valence-electron chi connectivity index (χ2n) is 8.14. The minimum atomic E-state index is -0.204. The molecule has 2 amide bonds. The van der Waals surface area contributed by atoms with Gasteiger partial charge in [0.25, 0.3) is 5.91 Å². The first-order chi connectivity index (χ1) is 13.3. The zero-order chi connectivity index (χ0) is 20.3. The first-order valence-corrected chi connectivity index (χ1v) is 9.86. The highest BCUT2D eigenvalue weighted by atomic mass is 16.5. The van der Waals surface area contributed by atoms with Gasteiger partial charge in [-0.3, -0.25) is 14.5 Å². The summed E-state index contributed by atoms with van der Waals surface area (Å²) >= 11 is 0. The molecule has 3 rings (SSSR count). The van der Waals surface area contributed by atoms with E-state index in [4.69, 9.17) is 4.74 Å². The molecule has 152 valence electrons. The van der Waals surface area contributed by atoms with Crippen LogP contribution in [0.2, 0.25) is 0 Å². The molecule has 7 nitrogen and oxygen atoms in total. The molecule has 0 saturated carbocycles. The maximum atomic E-state index is 12.7. The van der Waals surface area contributed by atoms with Gasteiger partial charge in [-0.2, -0.15) is 5.10 Å². The monoisotopic (exact) mass is 386 g/mol. The van der Waals surface area contributed by atoms with Gasteiger partial charge < -0.3 is 10.1 Å². The van der Waals surface area contributed by atoms with E-state index < -0.39 is 0 Å². The van der Waals surface area contributed by atoms with Crippen molar-refractivity contribution < 1.29 is 14.3 Å². The lowest BCUT2D eigenvalue weighted by molar-refractivity contribution is -0.119. The van der Waals surface area contributed by atoms with Gasteiger partial charge in [-0.15, -0.1) is 0 Å². The summed E-state index contributed by atoms with van der Waals surface area (Å²) in [5, 5.41) is 8.80. The van der Waals surface area contributed by atoms with Crippen LogP contribution < -0.4 is 10.3 Å². The van der Waals surface area contributed by atoms with E-state index in [1.807, 2.05) is 32.0 Å². The Morgan fingerprint density at radius 2 is 1.93 bits per heavy atom. The van der Waals surface area contributed by atoms with Crippen LogP contribution in [0.3, 0.4) is 0 Å². The molecular formula is C21H30N4O3. The Balaban J connectivity index is 1.70. The summed E-state index contributed by atoms with van der Waals surface area (Å²) in [6, 6.07) is 5.89. The number of carbonyl (C=O) groups excluding carboxylic acids is 2. The van der Waals surface area contributed by atoms with Crippen molar-refractivity contribution in [3.8, 4) is 0 Å². The van der Waals surface area contributed by atoms with E-state index in [2.05, 4.69) is 29.2 Å². The minimum absolute atomic E-state index is 0.0844. The summed E-state index contributed by atoms with van der Waals surface area (Å²) in [7, 11) is 0. The summed E-state index contributed by atoms with van der Waals surface area (Å²) < 4.78 is 5.41. The topological polar surface area (TPSA) is 74.2 Å². The van der Waals surface area contributed by atoms with Crippen molar-refractivity contribution in [3.63, 3.8) is 0 Å². The predicted octanol–water partition coefficient (Wildman–Crippen LogP) is 2.01. The quantitative estimate of drug-likeness (QED) is 0.840. The molecule has 2 aliphatic rings.